The Bertz CT molecular complexity index is 337. The summed E-state index contributed by atoms with van der Waals surface area (Å²) >= 11 is 3.55. The van der Waals surface area contributed by atoms with Crippen LogP contribution in [0.5, 0.6) is 0 Å². The summed E-state index contributed by atoms with van der Waals surface area (Å²) in [5, 5.41) is 3.49. The van der Waals surface area contributed by atoms with E-state index >= 15 is 0 Å². The Morgan fingerprint density at radius 1 is 1.38 bits per heavy atom. The van der Waals surface area contributed by atoms with Crippen LogP contribution in [-0.4, -0.2) is 12.6 Å². The van der Waals surface area contributed by atoms with Crippen molar-refractivity contribution in [3.63, 3.8) is 0 Å². The van der Waals surface area contributed by atoms with Crippen molar-refractivity contribution < 1.29 is 0 Å². The van der Waals surface area contributed by atoms with Gasteiger partial charge in [-0.2, -0.15) is 0 Å². The first-order valence-corrected chi connectivity index (χ1v) is 6.52. The first kappa shape index (κ1) is 13.7. The molecule has 3 N–H and O–H groups in total. The Labute approximate surface area is 107 Å². The van der Waals surface area contributed by atoms with E-state index in [1.165, 1.54) is 15.6 Å². The van der Waals surface area contributed by atoms with Gasteiger partial charge in [-0.25, -0.2) is 0 Å². The van der Waals surface area contributed by atoms with Gasteiger partial charge in [0.15, 0.2) is 0 Å². The summed E-state index contributed by atoms with van der Waals surface area (Å²) in [4.78, 5) is 0. The lowest BCUT2D eigenvalue weighted by Gasteiger charge is -2.20. The van der Waals surface area contributed by atoms with Crippen LogP contribution in [0.25, 0.3) is 0 Å². The van der Waals surface area contributed by atoms with Crippen molar-refractivity contribution in [2.45, 2.75) is 33.4 Å². The van der Waals surface area contributed by atoms with Gasteiger partial charge in [0.05, 0.1) is 0 Å². The highest BCUT2D eigenvalue weighted by atomic mass is 79.9. The zero-order valence-electron chi connectivity index (χ0n) is 10.3. The van der Waals surface area contributed by atoms with Crippen LogP contribution >= 0.6 is 15.9 Å². The number of benzene rings is 1. The van der Waals surface area contributed by atoms with Gasteiger partial charge in [0.25, 0.3) is 0 Å². The SMILES string of the molecule is Cc1ccc(CNC(CN)C(C)C)cc1Br. The second-order valence-electron chi connectivity index (χ2n) is 4.55. The molecule has 0 aliphatic heterocycles. The van der Waals surface area contributed by atoms with Gasteiger partial charge < -0.3 is 11.1 Å². The number of hydrogen-bond donors (Lipinski definition) is 2. The van der Waals surface area contributed by atoms with Gasteiger partial charge in [-0.1, -0.05) is 41.9 Å². The lowest BCUT2D eigenvalue weighted by Crippen LogP contribution is -2.39. The summed E-state index contributed by atoms with van der Waals surface area (Å²) in [7, 11) is 0. The van der Waals surface area contributed by atoms with Crippen LogP contribution in [0.15, 0.2) is 22.7 Å². The molecule has 1 aromatic carbocycles. The number of rotatable bonds is 5. The largest absolute Gasteiger partial charge is 0.329 e. The zero-order valence-corrected chi connectivity index (χ0v) is 11.8. The number of aryl methyl sites for hydroxylation is 1. The molecule has 0 radical (unpaired) electrons. The summed E-state index contributed by atoms with van der Waals surface area (Å²) in [5.41, 5.74) is 8.28. The average Bonchev–Trinajstić information content (AvgIpc) is 2.23. The molecule has 1 rings (SSSR count). The molecule has 0 bridgehead atoms. The Kier molecular flexibility index (Phi) is 5.46. The highest BCUT2D eigenvalue weighted by molar-refractivity contribution is 9.10. The van der Waals surface area contributed by atoms with Crippen LogP contribution in [0.4, 0.5) is 0 Å². The van der Waals surface area contributed by atoms with Crippen LogP contribution in [-0.2, 0) is 6.54 Å². The molecule has 0 spiro atoms. The number of hydrogen-bond acceptors (Lipinski definition) is 2. The van der Waals surface area contributed by atoms with Crippen molar-refractivity contribution in [1.82, 2.24) is 5.32 Å². The van der Waals surface area contributed by atoms with E-state index in [2.05, 4.69) is 60.2 Å². The second kappa shape index (κ2) is 6.38. The third-order valence-electron chi connectivity index (χ3n) is 2.86. The molecule has 0 amide bonds. The predicted molar refractivity (Wildman–Crippen MR) is 73.4 cm³/mol. The maximum absolute atomic E-state index is 5.72. The molecule has 0 aliphatic rings. The van der Waals surface area contributed by atoms with E-state index in [4.69, 9.17) is 5.73 Å². The van der Waals surface area contributed by atoms with Crippen LogP contribution in [0, 0.1) is 12.8 Å². The first-order valence-electron chi connectivity index (χ1n) is 5.73. The van der Waals surface area contributed by atoms with E-state index in [1.807, 2.05) is 0 Å². The minimum absolute atomic E-state index is 0.389. The van der Waals surface area contributed by atoms with Gasteiger partial charge in [-0.05, 0) is 30.0 Å². The summed E-state index contributed by atoms with van der Waals surface area (Å²) in [5.74, 6) is 0.568. The number of halogens is 1. The molecule has 0 saturated carbocycles. The van der Waals surface area contributed by atoms with Crippen LogP contribution < -0.4 is 11.1 Å². The number of nitrogens with one attached hydrogen (secondary N) is 1. The fourth-order valence-electron chi connectivity index (χ4n) is 1.59. The molecule has 3 heteroatoms. The smallest absolute Gasteiger partial charge is 0.0216 e. The molecule has 0 aromatic heterocycles. The van der Waals surface area contributed by atoms with Gasteiger partial charge >= 0.3 is 0 Å². The minimum Gasteiger partial charge on any atom is -0.329 e. The predicted octanol–water partition coefficient (Wildman–Crippen LogP) is 2.83. The maximum Gasteiger partial charge on any atom is 0.0216 e. The van der Waals surface area contributed by atoms with E-state index in [0.717, 1.165) is 6.54 Å². The summed E-state index contributed by atoms with van der Waals surface area (Å²) < 4.78 is 1.17. The molecule has 2 nitrogen and oxygen atoms in total. The zero-order chi connectivity index (χ0) is 12.1. The third-order valence-corrected chi connectivity index (χ3v) is 3.72. The monoisotopic (exact) mass is 284 g/mol. The van der Waals surface area contributed by atoms with Crippen LogP contribution in [0.3, 0.4) is 0 Å². The van der Waals surface area contributed by atoms with Gasteiger partial charge in [-0.3, -0.25) is 0 Å². The van der Waals surface area contributed by atoms with Crippen molar-refractivity contribution in [3.05, 3.63) is 33.8 Å². The fourth-order valence-corrected chi connectivity index (χ4v) is 2.01. The van der Waals surface area contributed by atoms with Crippen molar-refractivity contribution in [2.24, 2.45) is 11.7 Å². The van der Waals surface area contributed by atoms with Crippen molar-refractivity contribution in [2.75, 3.05) is 6.54 Å². The van der Waals surface area contributed by atoms with E-state index in [-0.39, 0.29) is 0 Å². The normalized spacial score (nSPS) is 13.1. The molecular weight excluding hydrogens is 264 g/mol. The molecule has 16 heavy (non-hydrogen) atoms. The highest BCUT2D eigenvalue weighted by Crippen LogP contribution is 2.17. The van der Waals surface area contributed by atoms with Crippen molar-refractivity contribution in [3.8, 4) is 0 Å². The fraction of sp³-hybridized carbons (Fsp3) is 0.538. The lowest BCUT2D eigenvalue weighted by atomic mass is 10.0. The molecule has 90 valence electrons. The first-order chi connectivity index (χ1) is 7.54. The molecule has 0 saturated heterocycles. The van der Waals surface area contributed by atoms with E-state index < -0.39 is 0 Å². The highest BCUT2D eigenvalue weighted by Gasteiger charge is 2.10. The summed E-state index contributed by atoms with van der Waals surface area (Å²) in [6, 6.07) is 6.84. The van der Waals surface area contributed by atoms with Gasteiger partial charge in [0, 0.05) is 23.6 Å². The topological polar surface area (TPSA) is 38.0 Å². The standard InChI is InChI=1S/C13H21BrN2/c1-9(2)13(7-15)16-8-11-5-4-10(3)12(14)6-11/h4-6,9,13,16H,7-8,15H2,1-3H3. The molecule has 1 unspecified atom stereocenters. The minimum atomic E-state index is 0.389. The van der Waals surface area contributed by atoms with Gasteiger partial charge in [0.2, 0.25) is 0 Å². The Hall–Kier alpha value is -0.380. The van der Waals surface area contributed by atoms with Crippen LogP contribution in [0.1, 0.15) is 25.0 Å². The summed E-state index contributed by atoms with van der Waals surface area (Å²) in [6.45, 7) is 8.03. The molecule has 0 aliphatic carbocycles. The van der Waals surface area contributed by atoms with E-state index in [0.29, 0.717) is 18.5 Å². The molecule has 1 aromatic rings. The molecule has 1 atom stereocenters. The molecule has 0 fully saturated rings. The van der Waals surface area contributed by atoms with Gasteiger partial charge in [-0.15, -0.1) is 0 Å². The van der Waals surface area contributed by atoms with E-state index in [9.17, 15) is 0 Å². The van der Waals surface area contributed by atoms with E-state index in [1.54, 1.807) is 0 Å². The van der Waals surface area contributed by atoms with Crippen LogP contribution in [0.2, 0.25) is 0 Å². The number of nitrogens with two attached hydrogens (primary N) is 1. The lowest BCUT2D eigenvalue weighted by molar-refractivity contribution is 0.405. The Morgan fingerprint density at radius 2 is 2.06 bits per heavy atom. The third kappa shape index (κ3) is 3.89. The van der Waals surface area contributed by atoms with Crippen molar-refractivity contribution in [1.29, 1.82) is 0 Å². The molecular formula is C13H21BrN2. The maximum atomic E-state index is 5.72. The Morgan fingerprint density at radius 3 is 2.56 bits per heavy atom. The molecule has 0 heterocycles. The Balaban J connectivity index is 2.57. The van der Waals surface area contributed by atoms with Crippen molar-refractivity contribution >= 4 is 15.9 Å². The summed E-state index contributed by atoms with van der Waals surface area (Å²) in [6.07, 6.45) is 0. The quantitative estimate of drug-likeness (QED) is 0.873. The van der Waals surface area contributed by atoms with Gasteiger partial charge in [0.1, 0.15) is 0 Å². The average molecular weight is 285 g/mol. The second-order valence-corrected chi connectivity index (χ2v) is 5.40.